The molecule has 2 aromatic carbocycles. The molecule has 1 N–H and O–H groups in total. The molecule has 0 aromatic heterocycles. The van der Waals surface area contributed by atoms with Crippen LogP contribution < -0.4 is 4.74 Å². The molecule has 1 aliphatic rings. The van der Waals surface area contributed by atoms with Crippen molar-refractivity contribution in [3.63, 3.8) is 0 Å². The standard InChI is InChI=1S/C19H15ClF4N2O3/c1-11-8-14(6-7-15(11)20)29-10-17(27)26-18(28,19(22,23)24)9-16(25-26)12-2-4-13(21)5-3-12/h2-8,28H,9-10H2,1H3/t18-/m1/s1. The Morgan fingerprint density at radius 3 is 2.52 bits per heavy atom. The number of hydrogen-bond donors (Lipinski definition) is 1. The Bertz CT molecular complexity index is 963. The Kier molecular flexibility index (Phi) is 5.55. The van der Waals surface area contributed by atoms with Gasteiger partial charge in [-0.05, 0) is 48.4 Å². The molecule has 29 heavy (non-hydrogen) atoms. The van der Waals surface area contributed by atoms with Gasteiger partial charge in [0.05, 0.1) is 12.1 Å². The molecule has 1 aliphatic heterocycles. The fraction of sp³-hybridized carbons (Fsp3) is 0.263. The van der Waals surface area contributed by atoms with Crippen molar-refractivity contribution in [1.29, 1.82) is 0 Å². The van der Waals surface area contributed by atoms with Crippen molar-refractivity contribution in [2.75, 3.05) is 6.61 Å². The molecule has 1 atom stereocenters. The van der Waals surface area contributed by atoms with Crippen molar-refractivity contribution in [1.82, 2.24) is 5.01 Å². The third kappa shape index (κ3) is 4.20. The van der Waals surface area contributed by atoms with Crippen molar-refractivity contribution in [3.05, 3.63) is 64.4 Å². The summed E-state index contributed by atoms with van der Waals surface area (Å²) in [6, 6.07) is 9.00. The lowest BCUT2D eigenvalue weighted by atomic mass is 10.0. The van der Waals surface area contributed by atoms with E-state index in [0.29, 0.717) is 10.6 Å². The fourth-order valence-electron chi connectivity index (χ4n) is 2.74. The van der Waals surface area contributed by atoms with Gasteiger partial charge in [-0.3, -0.25) is 4.79 Å². The lowest BCUT2D eigenvalue weighted by molar-refractivity contribution is -0.302. The van der Waals surface area contributed by atoms with Crippen LogP contribution >= 0.6 is 11.6 Å². The van der Waals surface area contributed by atoms with Crippen molar-refractivity contribution < 1.29 is 32.2 Å². The Morgan fingerprint density at radius 2 is 1.93 bits per heavy atom. The van der Waals surface area contributed by atoms with E-state index in [0.717, 1.165) is 12.1 Å². The molecule has 0 radical (unpaired) electrons. The first-order valence-corrected chi connectivity index (χ1v) is 8.73. The molecule has 154 valence electrons. The number of amides is 1. The predicted molar refractivity (Wildman–Crippen MR) is 97.1 cm³/mol. The van der Waals surface area contributed by atoms with E-state index in [4.69, 9.17) is 16.3 Å². The number of hydrazone groups is 1. The lowest BCUT2D eigenvalue weighted by Gasteiger charge is -2.32. The van der Waals surface area contributed by atoms with Gasteiger partial charge in [-0.15, -0.1) is 0 Å². The Hall–Kier alpha value is -2.65. The highest BCUT2D eigenvalue weighted by molar-refractivity contribution is 6.31. The van der Waals surface area contributed by atoms with Gasteiger partial charge in [-0.2, -0.15) is 23.3 Å². The summed E-state index contributed by atoms with van der Waals surface area (Å²) in [6.07, 6.45) is -6.17. The number of aryl methyl sites for hydroxylation is 1. The second kappa shape index (κ2) is 7.64. The first-order valence-electron chi connectivity index (χ1n) is 8.36. The lowest BCUT2D eigenvalue weighted by Crippen LogP contribution is -2.57. The number of alkyl halides is 3. The zero-order chi connectivity index (χ0) is 21.4. The number of rotatable bonds is 4. The van der Waals surface area contributed by atoms with Gasteiger partial charge in [0.1, 0.15) is 11.6 Å². The number of hydrogen-bond acceptors (Lipinski definition) is 4. The third-order valence-corrected chi connectivity index (χ3v) is 4.77. The highest BCUT2D eigenvalue weighted by atomic mass is 35.5. The van der Waals surface area contributed by atoms with Gasteiger partial charge in [-0.25, -0.2) is 4.39 Å². The molecule has 3 rings (SSSR count). The Balaban J connectivity index is 1.84. The first kappa shape index (κ1) is 21.1. The maximum atomic E-state index is 13.5. The molecule has 0 aliphatic carbocycles. The molecule has 10 heteroatoms. The van der Waals surface area contributed by atoms with Crippen LogP contribution in [0.3, 0.4) is 0 Å². The van der Waals surface area contributed by atoms with Crippen LogP contribution in [0.4, 0.5) is 17.6 Å². The van der Waals surface area contributed by atoms with E-state index in [1.54, 1.807) is 6.92 Å². The van der Waals surface area contributed by atoms with E-state index in [1.807, 2.05) is 0 Å². The van der Waals surface area contributed by atoms with E-state index in [-0.39, 0.29) is 22.0 Å². The Labute approximate surface area is 168 Å². The maximum Gasteiger partial charge on any atom is 0.438 e. The maximum absolute atomic E-state index is 13.5. The number of carbonyl (C=O) groups is 1. The molecule has 1 heterocycles. The molecular weight excluding hydrogens is 416 g/mol. The molecule has 0 bridgehead atoms. The quantitative estimate of drug-likeness (QED) is 0.744. The van der Waals surface area contributed by atoms with E-state index in [1.165, 1.54) is 30.3 Å². The van der Waals surface area contributed by atoms with Gasteiger partial charge in [0.15, 0.2) is 6.61 Å². The topological polar surface area (TPSA) is 62.1 Å². The molecule has 0 saturated carbocycles. The molecular formula is C19H15ClF4N2O3. The van der Waals surface area contributed by atoms with E-state index in [9.17, 15) is 27.5 Å². The predicted octanol–water partition coefficient (Wildman–Crippen LogP) is 4.05. The molecule has 1 amide bonds. The van der Waals surface area contributed by atoms with Crippen LogP contribution in [0, 0.1) is 12.7 Å². The van der Waals surface area contributed by atoms with Crippen LogP contribution in [-0.2, 0) is 4.79 Å². The number of carbonyl (C=O) groups excluding carboxylic acids is 1. The van der Waals surface area contributed by atoms with Crippen molar-refractivity contribution >= 4 is 23.2 Å². The average molecular weight is 431 g/mol. The van der Waals surface area contributed by atoms with Gasteiger partial charge in [0, 0.05) is 5.02 Å². The number of aliphatic hydroxyl groups is 1. The monoisotopic (exact) mass is 430 g/mol. The van der Waals surface area contributed by atoms with Gasteiger partial charge in [0.25, 0.3) is 11.6 Å². The van der Waals surface area contributed by atoms with Gasteiger partial charge in [-0.1, -0.05) is 23.7 Å². The van der Waals surface area contributed by atoms with Crippen LogP contribution in [0.1, 0.15) is 17.5 Å². The zero-order valence-corrected chi connectivity index (χ0v) is 15.8. The summed E-state index contributed by atoms with van der Waals surface area (Å²) in [5.41, 5.74) is -2.94. The highest BCUT2D eigenvalue weighted by Crippen LogP contribution is 2.41. The molecule has 0 saturated heterocycles. The highest BCUT2D eigenvalue weighted by Gasteiger charge is 2.63. The summed E-state index contributed by atoms with van der Waals surface area (Å²) in [4.78, 5) is 12.4. The smallest absolute Gasteiger partial charge is 0.438 e. The molecule has 2 aromatic rings. The molecule has 0 fully saturated rings. The first-order chi connectivity index (χ1) is 13.5. The zero-order valence-electron chi connectivity index (χ0n) is 15.0. The Morgan fingerprint density at radius 1 is 1.28 bits per heavy atom. The summed E-state index contributed by atoms with van der Waals surface area (Å²) >= 11 is 5.89. The number of ether oxygens (including phenoxy) is 1. The van der Waals surface area contributed by atoms with Crippen LogP contribution in [0.25, 0.3) is 0 Å². The van der Waals surface area contributed by atoms with Gasteiger partial charge >= 0.3 is 6.18 Å². The minimum Gasteiger partial charge on any atom is -0.484 e. The van der Waals surface area contributed by atoms with E-state index >= 15 is 0 Å². The molecule has 0 spiro atoms. The normalized spacial score (nSPS) is 19.3. The fourth-order valence-corrected chi connectivity index (χ4v) is 2.86. The number of nitrogens with zero attached hydrogens (tertiary/aromatic N) is 2. The third-order valence-electron chi connectivity index (χ3n) is 4.34. The SMILES string of the molecule is Cc1cc(OCC(=O)N2N=C(c3ccc(F)cc3)C[C@@]2(O)C(F)(F)F)ccc1Cl. The van der Waals surface area contributed by atoms with Crippen molar-refractivity contribution in [3.8, 4) is 5.75 Å². The average Bonchev–Trinajstić information content (AvgIpc) is 3.02. The van der Waals surface area contributed by atoms with Crippen LogP contribution in [0.5, 0.6) is 5.75 Å². The van der Waals surface area contributed by atoms with Crippen LogP contribution in [0.2, 0.25) is 5.02 Å². The summed E-state index contributed by atoms with van der Waals surface area (Å²) in [6.45, 7) is 0.902. The van der Waals surface area contributed by atoms with E-state index < -0.39 is 36.7 Å². The second-order valence-electron chi connectivity index (χ2n) is 6.45. The van der Waals surface area contributed by atoms with Crippen molar-refractivity contribution in [2.45, 2.75) is 25.2 Å². The summed E-state index contributed by atoms with van der Waals surface area (Å²) in [7, 11) is 0. The van der Waals surface area contributed by atoms with Crippen LogP contribution in [-0.4, -0.2) is 40.2 Å². The van der Waals surface area contributed by atoms with Gasteiger partial charge in [0.2, 0.25) is 0 Å². The van der Waals surface area contributed by atoms with Crippen molar-refractivity contribution in [2.24, 2.45) is 5.10 Å². The second-order valence-corrected chi connectivity index (χ2v) is 6.86. The molecule has 0 unspecified atom stereocenters. The minimum absolute atomic E-state index is 0.0333. The number of halogens is 5. The summed E-state index contributed by atoms with van der Waals surface area (Å²) in [5, 5.41) is 14.3. The minimum atomic E-state index is -5.18. The molecule has 5 nitrogen and oxygen atoms in total. The van der Waals surface area contributed by atoms with Gasteiger partial charge < -0.3 is 9.84 Å². The summed E-state index contributed by atoms with van der Waals surface area (Å²) in [5.74, 6) is -1.56. The van der Waals surface area contributed by atoms with E-state index in [2.05, 4.69) is 5.10 Å². The van der Waals surface area contributed by atoms with Crippen LogP contribution in [0.15, 0.2) is 47.6 Å². The number of benzene rings is 2. The summed E-state index contributed by atoms with van der Waals surface area (Å²) < 4.78 is 58.9. The largest absolute Gasteiger partial charge is 0.484 e.